The van der Waals surface area contributed by atoms with E-state index in [9.17, 15) is 18.4 Å². The number of fused-ring (bicyclic) bond motifs is 1. The van der Waals surface area contributed by atoms with Gasteiger partial charge in [-0.3, -0.25) is 4.90 Å². The van der Waals surface area contributed by atoms with Crippen LogP contribution in [0.1, 0.15) is 17.5 Å². The maximum Gasteiger partial charge on any atom is 0.420 e. The smallest absolute Gasteiger partial charge is 0.420 e. The third-order valence-electron chi connectivity index (χ3n) is 7.10. The molecule has 6 rings (SSSR count). The molecule has 1 saturated heterocycles. The topological polar surface area (TPSA) is 83.8 Å². The molecule has 0 amide bonds. The molecule has 0 spiro atoms. The molecular formula is C29H22F4N6O. The standard InChI is InChI=1S/C29H22F4N6O/c1-38-16-35-37-27(38)24-20(19-5-3-2-4-6-19)7-8-22(30)25(24)28-36-23-12-18(15-39-10-9-17(13-34)14-39)11-21(26(23)40-28)29(31,32)33/h2-8,11-12,16-17H,9-10,14-15H2,1H3. The summed E-state index contributed by atoms with van der Waals surface area (Å²) in [5, 5.41) is 17.3. The Bertz CT molecular complexity index is 1750. The number of likely N-dealkylation sites (tertiary alicyclic amines) is 1. The van der Waals surface area contributed by atoms with E-state index in [0.717, 1.165) is 11.6 Å². The number of hydrogen-bond acceptors (Lipinski definition) is 6. The van der Waals surface area contributed by atoms with Gasteiger partial charge in [0.05, 0.1) is 17.6 Å². The van der Waals surface area contributed by atoms with Crippen molar-refractivity contribution in [2.45, 2.75) is 19.1 Å². The van der Waals surface area contributed by atoms with Crippen LogP contribution in [0.5, 0.6) is 0 Å². The van der Waals surface area contributed by atoms with Gasteiger partial charge in [-0.2, -0.15) is 18.4 Å². The van der Waals surface area contributed by atoms with Crippen LogP contribution >= 0.6 is 0 Å². The first-order valence-electron chi connectivity index (χ1n) is 12.6. The molecule has 7 nitrogen and oxygen atoms in total. The van der Waals surface area contributed by atoms with Crippen LogP contribution in [0.25, 0.3) is 45.1 Å². The van der Waals surface area contributed by atoms with Crippen LogP contribution in [0.2, 0.25) is 0 Å². The Kier molecular flexibility index (Phi) is 6.35. The predicted molar refractivity (Wildman–Crippen MR) is 139 cm³/mol. The Morgan fingerprint density at radius 1 is 1.10 bits per heavy atom. The average Bonchev–Trinajstić information content (AvgIpc) is 3.67. The maximum absolute atomic E-state index is 15.6. The quantitative estimate of drug-likeness (QED) is 0.235. The molecular weight excluding hydrogens is 524 g/mol. The van der Waals surface area contributed by atoms with Crippen molar-refractivity contribution in [3.63, 3.8) is 0 Å². The van der Waals surface area contributed by atoms with Gasteiger partial charge < -0.3 is 8.98 Å². The minimum Gasteiger partial charge on any atom is -0.435 e. The molecule has 0 bridgehead atoms. The van der Waals surface area contributed by atoms with Gasteiger partial charge in [0.1, 0.15) is 23.2 Å². The van der Waals surface area contributed by atoms with E-state index < -0.39 is 23.1 Å². The van der Waals surface area contributed by atoms with Gasteiger partial charge in [0.25, 0.3) is 0 Å². The molecule has 0 radical (unpaired) electrons. The minimum absolute atomic E-state index is 0.0377. The zero-order chi connectivity index (χ0) is 28.0. The maximum atomic E-state index is 15.6. The van der Waals surface area contributed by atoms with Crippen LogP contribution in [0.15, 0.2) is 65.3 Å². The van der Waals surface area contributed by atoms with Gasteiger partial charge in [0.2, 0.25) is 5.89 Å². The van der Waals surface area contributed by atoms with Crippen molar-refractivity contribution in [3.8, 4) is 40.0 Å². The zero-order valence-electron chi connectivity index (χ0n) is 21.3. The number of hydrogen-bond donors (Lipinski definition) is 0. The minimum atomic E-state index is -4.73. The second-order valence-corrected chi connectivity index (χ2v) is 9.83. The van der Waals surface area contributed by atoms with E-state index >= 15 is 4.39 Å². The fraction of sp³-hybridized carbons (Fsp3) is 0.241. The number of benzene rings is 3. The first-order valence-corrected chi connectivity index (χ1v) is 12.6. The molecule has 5 aromatic rings. The summed E-state index contributed by atoms with van der Waals surface area (Å²) in [5.41, 5.74) is 0.400. The highest BCUT2D eigenvalue weighted by Gasteiger charge is 2.36. The van der Waals surface area contributed by atoms with Gasteiger partial charge in [-0.25, -0.2) is 9.37 Å². The number of halogens is 4. The fourth-order valence-electron chi connectivity index (χ4n) is 5.23. The van der Waals surface area contributed by atoms with Crippen molar-refractivity contribution in [3.05, 3.63) is 77.9 Å². The molecule has 1 fully saturated rings. The third kappa shape index (κ3) is 4.60. The van der Waals surface area contributed by atoms with Gasteiger partial charge >= 0.3 is 6.18 Å². The summed E-state index contributed by atoms with van der Waals surface area (Å²) in [5.74, 6) is -0.869. The summed E-state index contributed by atoms with van der Waals surface area (Å²) >= 11 is 0. The molecule has 3 heterocycles. The largest absolute Gasteiger partial charge is 0.435 e. The van der Waals surface area contributed by atoms with E-state index in [0.29, 0.717) is 42.0 Å². The summed E-state index contributed by atoms with van der Waals surface area (Å²) in [6.07, 6.45) is -2.61. The molecule has 1 aliphatic heterocycles. The molecule has 40 heavy (non-hydrogen) atoms. The number of nitrogens with zero attached hydrogens (tertiary/aromatic N) is 6. The van der Waals surface area contributed by atoms with E-state index in [-0.39, 0.29) is 29.4 Å². The van der Waals surface area contributed by atoms with E-state index in [4.69, 9.17) is 4.42 Å². The summed E-state index contributed by atoms with van der Waals surface area (Å²) in [7, 11) is 1.69. The fourth-order valence-corrected chi connectivity index (χ4v) is 5.23. The normalized spacial score (nSPS) is 16.1. The molecule has 0 N–H and O–H groups in total. The average molecular weight is 547 g/mol. The Morgan fingerprint density at radius 2 is 1.90 bits per heavy atom. The van der Waals surface area contributed by atoms with E-state index in [1.54, 1.807) is 17.7 Å². The highest BCUT2D eigenvalue weighted by atomic mass is 19.4. The lowest BCUT2D eigenvalue weighted by molar-refractivity contribution is -0.136. The van der Waals surface area contributed by atoms with Crippen molar-refractivity contribution in [1.82, 2.24) is 24.6 Å². The van der Waals surface area contributed by atoms with Crippen LogP contribution in [-0.2, 0) is 19.8 Å². The lowest BCUT2D eigenvalue weighted by Gasteiger charge is -2.16. The highest BCUT2D eigenvalue weighted by Crippen LogP contribution is 2.43. The van der Waals surface area contributed by atoms with Crippen LogP contribution in [0.4, 0.5) is 17.6 Å². The number of nitriles is 1. The van der Waals surface area contributed by atoms with Gasteiger partial charge in [-0.05, 0) is 47.9 Å². The summed E-state index contributed by atoms with van der Waals surface area (Å²) in [6, 6.07) is 16.8. The van der Waals surface area contributed by atoms with Crippen LogP contribution in [0, 0.1) is 23.1 Å². The van der Waals surface area contributed by atoms with Crippen LogP contribution < -0.4 is 0 Å². The molecule has 0 aliphatic carbocycles. The van der Waals surface area contributed by atoms with Crippen molar-refractivity contribution in [1.29, 1.82) is 5.26 Å². The first kappa shape index (κ1) is 25.7. The summed E-state index contributed by atoms with van der Waals surface area (Å²) < 4.78 is 65.6. The lowest BCUT2D eigenvalue weighted by Crippen LogP contribution is -2.20. The monoisotopic (exact) mass is 546 g/mol. The Labute approximate surface area is 226 Å². The molecule has 1 unspecified atom stereocenters. The highest BCUT2D eigenvalue weighted by molar-refractivity contribution is 5.92. The van der Waals surface area contributed by atoms with E-state index in [2.05, 4.69) is 21.3 Å². The predicted octanol–water partition coefficient (Wildman–Crippen LogP) is 6.46. The summed E-state index contributed by atoms with van der Waals surface area (Å²) in [6.45, 7) is 1.32. The first-order chi connectivity index (χ1) is 19.2. The van der Waals surface area contributed by atoms with Crippen LogP contribution in [0.3, 0.4) is 0 Å². The van der Waals surface area contributed by atoms with Crippen molar-refractivity contribution in [2.75, 3.05) is 13.1 Å². The number of oxazole rings is 1. The molecule has 1 aliphatic rings. The molecule has 1 atom stereocenters. The number of rotatable bonds is 5. The number of aryl methyl sites for hydroxylation is 1. The second-order valence-electron chi connectivity index (χ2n) is 9.83. The zero-order valence-corrected chi connectivity index (χ0v) is 21.3. The molecule has 202 valence electrons. The van der Waals surface area contributed by atoms with E-state index in [1.807, 2.05) is 35.2 Å². The van der Waals surface area contributed by atoms with Crippen molar-refractivity contribution < 1.29 is 22.0 Å². The Hall–Kier alpha value is -4.56. The molecule has 3 aromatic carbocycles. The number of alkyl halides is 3. The number of aromatic nitrogens is 4. The van der Waals surface area contributed by atoms with Gasteiger partial charge in [0.15, 0.2) is 11.4 Å². The van der Waals surface area contributed by atoms with Crippen molar-refractivity contribution in [2.24, 2.45) is 13.0 Å². The van der Waals surface area contributed by atoms with Gasteiger partial charge in [-0.15, -0.1) is 10.2 Å². The summed E-state index contributed by atoms with van der Waals surface area (Å²) in [4.78, 5) is 6.32. The Balaban J connectivity index is 1.55. The molecule has 11 heteroatoms. The second kappa shape index (κ2) is 9.88. The Morgan fingerprint density at radius 3 is 2.58 bits per heavy atom. The van der Waals surface area contributed by atoms with Gasteiger partial charge in [0, 0.05) is 25.7 Å². The third-order valence-corrected chi connectivity index (χ3v) is 7.10. The lowest BCUT2D eigenvalue weighted by atomic mass is 9.94. The van der Waals surface area contributed by atoms with Gasteiger partial charge in [-0.1, -0.05) is 36.4 Å². The SMILES string of the molecule is Cn1cnnc1-c1c(-c2ccccc2)ccc(F)c1-c1nc2cc(CN3CCC(C#N)C3)cc(C(F)(F)F)c2o1. The van der Waals surface area contributed by atoms with E-state index in [1.165, 1.54) is 18.5 Å². The molecule has 0 saturated carbocycles. The molecule has 2 aromatic heterocycles. The van der Waals surface area contributed by atoms with Crippen LogP contribution in [-0.4, -0.2) is 37.7 Å². The van der Waals surface area contributed by atoms with Crippen molar-refractivity contribution >= 4 is 11.1 Å².